The molecule has 0 bridgehead atoms. The summed E-state index contributed by atoms with van der Waals surface area (Å²) in [6, 6.07) is 5.31. The highest BCUT2D eigenvalue weighted by Crippen LogP contribution is 2.26. The van der Waals surface area contributed by atoms with E-state index in [-0.39, 0.29) is 12.8 Å². The Kier molecular flexibility index (Phi) is 10.2. The minimum absolute atomic E-state index is 0.221. The number of halogens is 1. The van der Waals surface area contributed by atoms with E-state index in [0.717, 1.165) is 5.56 Å². The maximum atomic E-state index is 10.1. The van der Waals surface area contributed by atoms with Gasteiger partial charge in [0, 0.05) is 5.02 Å². The van der Waals surface area contributed by atoms with Crippen LogP contribution in [0.25, 0.3) is 12.2 Å². The van der Waals surface area contributed by atoms with Crippen LogP contribution in [-0.2, 0) is 9.47 Å². The number of hydrogen-bond acceptors (Lipinski definition) is 10. The first-order chi connectivity index (χ1) is 16.7. The van der Waals surface area contributed by atoms with Gasteiger partial charge in [0.1, 0.15) is 48.8 Å². The molecule has 10 nitrogen and oxygen atoms in total. The molecule has 0 radical (unpaired) electrons. The van der Waals surface area contributed by atoms with Gasteiger partial charge in [-0.25, -0.2) is 0 Å². The van der Waals surface area contributed by atoms with Crippen LogP contribution in [0.2, 0.25) is 5.02 Å². The average Bonchev–Trinajstić information content (AvgIpc) is 2.85. The predicted molar refractivity (Wildman–Crippen MR) is 126 cm³/mol. The SMILES string of the molecule is OC[C@H]1O[C@H](C/C=C/c2ccc(/C=C/C[C@H]3O[C@H](CO)[C@@H](O)[C@H](O)[C@H]3O)cc2Cl)[C@@H](O)[C@@H](O)[C@@H]1O. The molecule has 0 saturated carbocycles. The van der Waals surface area contributed by atoms with E-state index in [9.17, 15) is 40.9 Å². The molecule has 35 heavy (non-hydrogen) atoms. The van der Waals surface area contributed by atoms with Crippen LogP contribution in [0.1, 0.15) is 24.0 Å². The Morgan fingerprint density at radius 3 is 1.57 bits per heavy atom. The Morgan fingerprint density at radius 2 is 1.11 bits per heavy atom. The molecule has 2 heterocycles. The second kappa shape index (κ2) is 12.7. The van der Waals surface area contributed by atoms with Crippen molar-refractivity contribution in [2.24, 2.45) is 0 Å². The molecule has 8 N–H and O–H groups in total. The normalized spacial score (nSPS) is 38.4. The first-order valence-corrected chi connectivity index (χ1v) is 11.8. The van der Waals surface area contributed by atoms with Crippen molar-refractivity contribution in [3.63, 3.8) is 0 Å². The Labute approximate surface area is 207 Å². The van der Waals surface area contributed by atoms with E-state index in [4.69, 9.17) is 21.1 Å². The Hall–Kier alpha value is -1.41. The molecule has 2 saturated heterocycles. The van der Waals surface area contributed by atoms with Crippen LogP contribution >= 0.6 is 11.6 Å². The molecule has 2 aliphatic heterocycles. The van der Waals surface area contributed by atoms with Crippen molar-refractivity contribution in [1.82, 2.24) is 0 Å². The number of aliphatic hydroxyl groups is 8. The fourth-order valence-electron chi connectivity index (χ4n) is 4.20. The number of benzene rings is 1. The zero-order valence-electron chi connectivity index (χ0n) is 18.9. The summed E-state index contributed by atoms with van der Waals surface area (Å²) < 4.78 is 10.9. The molecule has 2 aliphatic rings. The molecule has 3 rings (SSSR count). The smallest absolute Gasteiger partial charge is 0.111 e. The molecular weight excluding hydrogens is 484 g/mol. The van der Waals surface area contributed by atoms with Gasteiger partial charge in [0.2, 0.25) is 0 Å². The largest absolute Gasteiger partial charge is 0.394 e. The summed E-state index contributed by atoms with van der Waals surface area (Å²) in [6.07, 6.45) is -4.33. The highest BCUT2D eigenvalue weighted by atomic mass is 35.5. The van der Waals surface area contributed by atoms with Gasteiger partial charge in [0.25, 0.3) is 0 Å². The number of aliphatic hydroxyl groups excluding tert-OH is 8. The van der Waals surface area contributed by atoms with Crippen LogP contribution in [0.15, 0.2) is 30.4 Å². The Bertz CT molecular complexity index is 876. The monoisotopic (exact) mass is 516 g/mol. The lowest BCUT2D eigenvalue weighted by Crippen LogP contribution is -2.58. The maximum Gasteiger partial charge on any atom is 0.111 e. The van der Waals surface area contributed by atoms with Gasteiger partial charge in [-0.3, -0.25) is 0 Å². The summed E-state index contributed by atoms with van der Waals surface area (Å²) >= 11 is 6.37. The highest BCUT2D eigenvalue weighted by Gasteiger charge is 2.43. The average molecular weight is 517 g/mol. The van der Waals surface area contributed by atoms with Gasteiger partial charge >= 0.3 is 0 Å². The summed E-state index contributed by atoms with van der Waals surface area (Å²) in [5, 5.41) is 78.7. The van der Waals surface area contributed by atoms with E-state index in [1.54, 1.807) is 36.4 Å². The molecule has 2 fully saturated rings. The zero-order chi connectivity index (χ0) is 25.7. The lowest BCUT2D eigenvalue weighted by atomic mass is 9.93. The number of hydrogen-bond donors (Lipinski definition) is 8. The van der Waals surface area contributed by atoms with Gasteiger partial charge < -0.3 is 50.3 Å². The van der Waals surface area contributed by atoms with Crippen molar-refractivity contribution < 1.29 is 50.3 Å². The van der Waals surface area contributed by atoms with E-state index in [1.165, 1.54) is 0 Å². The van der Waals surface area contributed by atoms with Gasteiger partial charge in [-0.2, -0.15) is 0 Å². The third-order valence-corrected chi connectivity index (χ3v) is 6.68. The van der Waals surface area contributed by atoms with Crippen molar-refractivity contribution in [1.29, 1.82) is 0 Å². The van der Waals surface area contributed by atoms with Gasteiger partial charge in [0.05, 0.1) is 25.4 Å². The Balaban J connectivity index is 1.57. The molecule has 0 aromatic heterocycles. The Morgan fingerprint density at radius 1 is 0.657 bits per heavy atom. The lowest BCUT2D eigenvalue weighted by molar-refractivity contribution is -0.227. The number of rotatable bonds is 8. The van der Waals surface area contributed by atoms with Crippen LogP contribution < -0.4 is 0 Å². The van der Waals surface area contributed by atoms with Crippen molar-refractivity contribution in [2.45, 2.75) is 73.9 Å². The van der Waals surface area contributed by atoms with Crippen molar-refractivity contribution in [3.8, 4) is 0 Å². The van der Waals surface area contributed by atoms with Crippen LogP contribution in [0.4, 0.5) is 0 Å². The first-order valence-electron chi connectivity index (χ1n) is 11.4. The summed E-state index contributed by atoms with van der Waals surface area (Å²) in [6.45, 7) is -0.964. The maximum absolute atomic E-state index is 10.1. The molecule has 1 aromatic carbocycles. The minimum Gasteiger partial charge on any atom is -0.394 e. The fourth-order valence-corrected chi connectivity index (χ4v) is 4.45. The molecule has 11 heteroatoms. The minimum atomic E-state index is -1.42. The summed E-state index contributed by atoms with van der Waals surface area (Å²) in [4.78, 5) is 0. The molecule has 0 unspecified atom stereocenters. The van der Waals surface area contributed by atoms with Gasteiger partial charge in [-0.05, 0) is 30.0 Å². The third kappa shape index (κ3) is 6.68. The molecule has 10 atom stereocenters. The summed E-state index contributed by atoms with van der Waals surface area (Å²) in [5.74, 6) is 0. The fraction of sp³-hybridized carbons (Fsp3) is 0.583. The van der Waals surface area contributed by atoms with Crippen LogP contribution in [0.3, 0.4) is 0 Å². The molecule has 196 valence electrons. The number of ether oxygens (including phenoxy) is 2. The van der Waals surface area contributed by atoms with Gasteiger partial charge in [-0.15, -0.1) is 0 Å². The molecule has 0 spiro atoms. The quantitative estimate of drug-likeness (QED) is 0.210. The zero-order valence-corrected chi connectivity index (χ0v) is 19.7. The van der Waals surface area contributed by atoms with Crippen molar-refractivity contribution in [3.05, 3.63) is 46.5 Å². The van der Waals surface area contributed by atoms with Crippen molar-refractivity contribution >= 4 is 23.8 Å². The molecule has 1 aromatic rings. The summed E-state index contributed by atoms with van der Waals surface area (Å²) in [5.41, 5.74) is 1.47. The second-order valence-electron chi connectivity index (χ2n) is 8.79. The van der Waals surface area contributed by atoms with E-state index >= 15 is 0 Å². The van der Waals surface area contributed by atoms with Gasteiger partial charge in [0.15, 0.2) is 0 Å². The van der Waals surface area contributed by atoms with Crippen LogP contribution in [-0.4, -0.2) is 115 Å². The predicted octanol–water partition coefficient (Wildman–Crippen LogP) is -1.17. The van der Waals surface area contributed by atoms with Crippen LogP contribution in [0.5, 0.6) is 0 Å². The summed E-state index contributed by atoms with van der Waals surface area (Å²) in [7, 11) is 0. The standard InChI is InChI=1S/C24H33ClO10/c25-14-9-12(3-1-5-15-19(28)23(32)21(30)17(10-26)34-15)7-8-13(14)4-2-6-16-20(29)24(33)22(31)18(11-27)35-16/h1-4,7-9,15-24,26-33H,5-6,10-11H2/b3-1+,4-2+/t15-,16-,17-,18-,19+,20-,21-,22-,23-,24-/m1/s1. The third-order valence-electron chi connectivity index (χ3n) is 6.35. The molecular formula is C24H33ClO10. The van der Waals surface area contributed by atoms with Crippen LogP contribution in [0, 0.1) is 0 Å². The lowest BCUT2D eigenvalue weighted by Gasteiger charge is -2.39. The first kappa shape index (κ1) is 28.2. The molecule has 0 aliphatic carbocycles. The van der Waals surface area contributed by atoms with E-state index < -0.39 is 74.3 Å². The second-order valence-corrected chi connectivity index (χ2v) is 9.20. The van der Waals surface area contributed by atoms with Crippen molar-refractivity contribution in [2.75, 3.05) is 13.2 Å². The van der Waals surface area contributed by atoms with E-state index in [2.05, 4.69) is 0 Å². The topological polar surface area (TPSA) is 180 Å². The highest BCUT2D eigenvalue weighted by molar-refractivity contribution is 6.32. The molecule has 0 amide bonds. The van der Waals surface area contributed by atoms with E-state index in [0.29, 0.717) is 10.6 Å². The van der Waals surface area contributed by atoms with E-state index in [1.807, 2.05) is 6.07 Å². The van der Waals surface area contributed by atoms with Gasteiger partial charge in [-0.1, -0.05) is 48.0 Å².